The molecule has 0 aromatic carbocycles. The number of rotatable bonds is 7. The van der Waals surface area contributed by atoms with Gasteiger partial charge in [-0.25, -0.2) is 0 Å². The number of nitrogens with zero attached hydrogens (tertiary/aromatic N) is 3. The van der Waals surface area contributed by atoms with E-state index in [9.17, 15) is 22.8 Å². The van der Waals surface area contributed by atoms with Crippen molar-refractivity contribution >= 4 is 17.5 Å². The summed E-state index contributed by atoms with van der Waals surface area (Å²) in [5.41, 5.74) is 3.61. The first-order valence-electron chi connectivity index (χ1n) is 9.95. The molecule has 2 aliphatic rings. The summed E-state index contributed by atoms with van der Waals surface area (Å²) in [4.78, 5) is 28.1. The van der Waals surface area contributed by atoms with Gasteiger partial charge in [0, 0.05) is 31.5 Å². The molecule has 2 aromatic heterocycles. The van der Waals surface area contributed by atoms with Gasteiger partial charge >= 0.3 is 6.18 Å². The fourth-order valence-electron chi connectivity index (χ4n) is 3.86. The SMILES string of the molecule is CO[C@H]1C[C@H](Cn2nc(C3CC3)c(C(F)(F)F)c2C(=O)Nc2ccnc(C(N)=O)c2)C1. The van der Waals surface area contributed by atoms with Gasteiger partial charge in [-0.05, 0) is 43.7 Å². The van der Waals surface area contributed by atoms with Crippen LogP contribution in [-0.4, -0.2) is 39.8 Å². The van der Waals surface area contributed by atoms with Gasteiger partial charge in [0.1, 0.15) is 17.0 Å². The van der Waals surface area contributed by atoms with Crippen molar-refractivity contribution in [2.45, 2.75) is 50.4 Å². The van der Waals surface area contributed by atoms with Crippen LogP contribution < -0.4 is 11.1 Å². The maximum Gasteiger partial charge on any atom is 0.420 e. The van der Waals surface area contributed by atoms with Crippen LogP contribution in [0, 0.1) is 5.92 Å². The van der Waals surface area contributed by atoms with E-state index in [4.69, 9.17) is 10.5 Å². The van der Waals surface area contributed by atoms with Gasteiger partial charge in [-0.1, -0.05) is 0 Å². The van der Waals surface area contributed by atoms with Crippen molar-refractivity contribution in [2.75, 3.05) is 12.4 Å². The molecule has 0 radical (unpaired) electrons. The average molecular weight is 437 g/mol. The molecule has 0 unspecified atom stereocenters. The number of hydrogen-bond donors (Lipinski definition) is 2. The number of alkyl halides is 3. The predicted molar refractivity (Wildman–Crippen MR) is 103 cm³/mol. The summed E-state index contributed by atoms with van der Waals surface area (Å²) >= 11 is 0. The Morgan fingerprint density at radius 3 is 2.61 bits per heavy atom. The van der Waals surface area contributed by atoms with Crippen molar-refractivity contribution < 1.29 is 27.5 Å². The topological polar surface area (TPSA) is 112 Å². The highest BCUT2D eigenvalue weighted by atomic mass is 19.4. The third kappa shape index (κ3) is 4.41. The Morgan fingerprint density at radius 2 is 2.03 bits per heavy atom. The Balaban J connectivity index is 1.69. The van der Waals surface area contributed by atoms with E-state index < -0.39 is 29.2 Å². The summed E-state index contributed by atoms with van der Waals surface area (Å²) in [6.45, 7) is 0.196. The smallest absolute Gasteiger partial charge is 0.381 e. The van der Waals surface area contributed by atoms with Crippen LogP contribution in [-0.2, 0) is 17.5 Å². The Morgan fingerprint density at radius 1 is 1.32 bits per heavy atom. The number of methoxy groups -OCH3 is 1. The molecule has 2 amide bonds. The molecule has 2 saturated carbocycles. The minimum absolute atomic E-state index is 0.0758. The minimum Gasteiger partial charge on any atom is -0.381 e. The normalized spacial score (nSPS) is 20.9. The van der Waals surface area contributed by atoms with Gasteiger partial charge in [0.05, 0.1) is 11.8 Å². The van der Waals surface area contributed by atoms with Gasteiger partial charge in [-0.2, -0.15) is 18.3 Å². The molecule has 0 spiro atoms. The number of ether oxygens (including phenoxy) is 1. The minimum atomic E-state index is -4.73. The summed E-state index contributed by atoms with van der Waals surface area (Å²) in [5.74, 6) is -1.98. The van der Waals surface area contributed by atoms with E-state index in [0.717, 1.165) is 0 Å². The highest BCUT2D eigenvalue weighted by molar-refractivity contribution is 6.05. The third-order valence-corrected chi connectivity index (χ3v) is 5.67. The zero-order valence-electron chi connectivity index (χ0n) is 16.8. The lowest BCUT2D eigenvalue weighted by Crippen LogP contribution is -2.34. The number of carbonyl (C=O) groups is 2. The van der Waals surface area contributed by atoms with Crippen molar-refractivity contribution in [3.8, 4) is 0 Å². The Bertz CT molecular complexity index is 1010. The molecular weight excluding hydrogens is 415 g/mol. The Hall–Kier alpha value is -2.95. The van der Waals surface area contributed by atoms with Crippen LogP contribution in [0.3, 0.4) is 0 Å². The molecule has 0 atom stereocenters. The maximum absolute atomic E-state index is 14.0. The fraction of sp³-hybridized carbons (Fsp3) is 0.500. The summed E-state index contributed by atoms with van der Waals surface area (Å²) in [6.07, 6.45) is -0.786. The van der Waals surface area contributed by atoms with Gasteiger partial charge < -0.3 is 15.8 Å². The van der Waals surface area contributed by atoms with Gasteiger partial charge in [-0.3, -0.25) is 19.3 Å². The predicted octanol–water partition coefficient (Wildman–Crippen LogP) is 2.95. The number of nitrogens with two attached hydrogens (primary N) is 1. The first kappa shape index (κ1) is 21.3. The van der Waals surface area contributed by atoms with Gasteiger partial charge in [0.25, 0.3) is 11.8 Å². The lowest BCUT2D eigenvalue weighted by molar-refractivity contribution is -0.138. The molecule has 11 heteroatoms. The number of anilines is 1. The van der Waals surface area contributed by atoms with Crippen molar-refractivity contribution in [2.24, 2.45) is 11.7 Å². The molecule has 0 bridgehead atoms. The molecule has 4 rings (SSSR count). The van der Waals surface area contributed by atoms with Crippen molar-refractivity contribution in [1.29, 1.82) is 0 Å². The summed E-state index contributed by atoms with van der Waals surface area (Å²) in [6, 6.07) is 2.58. The molecule has 3 N–H and O–H groups in total. The van der Waals surface area contributed by atoms with E-state index in [0.29, 0.717) is 25.7 Å². The number of aromatic nitrogens is 3. The van der Waals surface area contributed by atoms with Crippen molar-refractivity contribution in [1.82, 2.24) is 14.8 Å². The molecular formula is C20H22F3N5O3. The highest BCUT2D eigenvalue weighted by Crippen LogP contribution is 2.47. The maximum atomic E-state index is 14.0. The molecule has 2 heterocycles. The first-order valence-corrected chi connectivity index (χ1v) is 9.95. The van der Waals surface area contributed by atoms with E-state index in [1.807, 2.05) is 0 Å². The summed E-state index contributed by atoms with van der Waals surface area (Å²) < 4.78 is 48.4. The molecule has 166 valence electrons. The third-order valence-electron chi connectivity index (χ3n) is 5.67. The van der Waals surface area contributed by atoms with E-state index in [2.05, 4.69) is 15.4 Å². The number of halogens is 3. The Labute approximate surface area is 176 Å². The van der Waals surface area contributed by atoms with E-state index in [1.54, 1.807) is 7.11 Å². The van der Waals surface area contributed by atoms with Crippen molar-refractivity contribution in [3.05, 3.63) is 41.0 Å². The summed E-state index contributed by atoms with van der Waals surface area (Å²) in [5, 5.41) is 6.66. The van der Waals surface area contributed by atoms with Gasteiger partial charge in [-0.15, -0.1) is 0 Å². The van der Waals surface area contributed by atoms with Crippen LogP contribution in [0.5, 0.6) is 0 Å². The average Bonchev–Trinajstić information content (AvgIpc) is 3.44. The standard InChI is InChI=1S/C20H22F3N5O3/c1-31-13-6-10(7-13)9-28-17(15(20(21,22)23)16(27-28)11-2-3-11)19(30)26-12-4-5-25-14(8-12)18(24)29/h4-5,8,10-11,13H,2-3,6-7,9H2,1H3,(H2,24,29)(H,25,26,30)/t10-,13-. The fourth-order valence-corrected chi connectivity index (χ4v) is 3.86. The monoisotopic (exact) mass is 437 g/mol. The zero-order chi connectivity index (χ0) is 22.3. The lowest BCUT2D eigenvalue weighted by Gasteiger charge is -2.34. The lowest BCUT2D eigenvalue weighted by atomic mass is 9.82. The van der Waals surface area contributed by atoms with E-state index >= 15 is 0 Å². The largest absolute Gasteiger partial charge is 0.420 e. The molecule has 2 aliphatic carbocycles. The second-order valence-electron chi connectivity index (χ2n) is 8.01. The highest BCUT2D eigenvalue weighted by Gasteiger charge is 2.46. The number of hydrogen-bond acceptors (Lipinski definition) is 5. The van der Waals surface area contributed by atoms with Crippen LogP contribution in [0.25, 0.3) is 0 Å². The van der Waals surface area contributed by atoms with Crippen LogP contribution in [0.1, 0.15) is 63.8 Å². The number of carbonyl (C=O) groups excluding carboxylic acids is 2. The molecule has 2 fully saturated rings. The van der Waals surface area contributed by atoms with Crippen LogP contribution in [0.15, 0.2) is 18.3 Å². The van der Waals surface area contributed by atoms with Crippen LogP contribution >= 0.6 is 0 Å². The second kappa shape index (κ2) is 7.95. The molecule has 0 aliphatic heterocycles. The number of nitrogens with one attached hydrogen (secondary N) is 1. The first-order chi connectivity index (χ1) is 14.7. The molecule has 31 heavy (non-hydrogen) atoms. The molecule has 0 saturated heterocycles. The molecule has 2 aromatic rings. The van der Waals surface area contributed by atoms with Crippen LogP contribution in [0.4, 0.5) is 18.9 Å². The quantitative estimate of drug-likeness (QED) is 0.692. The summed E-state index contributed by atoms with van der Waals surface area (Å²) in [7, 11) is 1.59. The van der Waals surface area contributed by atoms with Crippen LogP contribution in [0.2, 0.25) is 0 Å². The van der Waals surface area contributed by atoms with Gasteiger partial charge in [0.2, 0.25) is 0 Å². The number of amides is 2. The van der Waals surface area contributed by atoms with E-state index in [1.165, 1.54) is 23.0 Å². The van der Waals surface area contributed by atoms with Gasteiger partial charge in [0.15, 0.2) is 0 Å². The van der Waals surface area contributed by atoms with E-state index in [-0.39, 0.29) is 41.6 Å². The number of primary amides is 1. The number of pyridine rings is 1. The molecule has 8 nitrogen and oxygen atoms in total. The van der Waals surface area contributed by atoms with Crippen molar-refractivity contribution in [3.63, 3.8) is 0 Å². The Kier molecular flexibility index (Phi) is 5.46. The second-order valence-corrected chi connectivity index (χ2v) is 8.01. The zero-order valence-corrected chi connectivity index (χ0v) is 16.8.